The maximum atomic E-state index is 13.0. The van der Waals surface area contributed by atoms with Gasteiger partial charge in [-0.05, 0) is 30.7 Å². The number of aromatic nitrogens is 2. The van der Waals surface area contributed by atoms with Crippen LogP contribution in [0.5, 0.6) is 0 Å². The van der Waals surface area contributed by atoms with Crippen LogP contribution in [-0.2, 0) is 12.6 Å². The summed E-state index contributed by atoms with van der Waals surface area (Å²) in [6.45, 7) is 4.76. The van der Waals surface area contributed by atoms with E-state index in [1.54, 1.807) is 6.07 Å². The molecule has 2 aromatic carbocycles. The summed E-state index contributed by atoms with van der Waals surface area (Å²) in [4.78, 5) is 8.80. The summed E-state index contributed by atoms with van der Waals surface area (Å²) in [5.41, 5.74) is 2.40. The van der Waals surface area contributed by atoms with Gasteiger partial charge in [-0.1, -0.05) is 35.9 Å². The molecule has 8 heteroatoms. The van der Waals surface area contributed by atoms with Gasteiger partial charge in [-0.25, -0.2) is 4.98 Å². The normalized spacial score (nSPS) is 15.0. The smallest absolute Gasteiger partial charge is 0.368 e. The highest BCUT2D eigenvalue weighted by molar-refractivity contribution is 7.09. The first kappa shape index (κ1) is 19.7. The van der Waals surface area contributed by atoms with Gasteiger partial charge in [0.2, 0.25) is 5.13 Å². The van der Waals surface area contributed by atoms with Crippen LogP contribution in [0.25, 0.3) is 0 Å². The standard InChI is InChI=1S/C21H21F3N4S/c1-15-5-7-16(8-6-15)13-19-25-20(29-26-19)28-11-9-27(10-12-28)18-4-2-3-17(14-18)21(22,23)24/h2-8,14H,9-13H2,1H3. The number of halogens is 3. The molecule has 0 atom stereocenters. The number of alkyl halides is 3. The second-order valence-corrected chi connectivity index (χ2v) is 7.91. The van der Waals surface area contributed by atoms with Crippen molar-refractivity contribution in [2.75, 3.05) is 36.0 Å². The van der Waals surface area contributed by atoms with Gasteiger partial charge in [-0.15, -0.1) is 0 Å². The summed E-state index contributed by atoms with van der Waals surface area (Å²) in [7, 11) is 0. The van der Waals surface area contributed by atoms with Crippen LogP contribution in [0.2, 0.25) is 0 Å². The molecule has 0 amide bonds. The molecule has 152 valence electrons. The Labute approximate surface area is 171 Å². The first-order chi connectivity index (χ1) is 13.9. The number of benzene rings is 2. The molecule has 1 aliphatic heterocycles. The Bertz CT molecular complexity index is 961. The fraction of sp³-hybridized carbons (Fsp3) is 0.333. The molecule has 1 fully saturated rings. The van der Waals surface area contributed by atoms with Crippen molar-refractivity contribution in [3.8, 4) is 0 Å². The fourth-order valence-corrected chi connectivity index (χ4v) is 4.11. The van der Waals surface area contributed by atoms with E-state index in [0.717, 1.165) is 17.0 Å². The van der Waals surface area contributed by atoms with Gasteiger partial charge in [0.05, 0.1) is 5.56 Å². The molecule has 3 aromatic rings. The Kier molecular flexibility index (Phi) is 5.45. The third-order valence-corrected chi connectivity index (χ3v) is 5.84. The molecule has 4 nitrogen and oxygen atoms in total. The number of hydrogen-bond acceptors (Lipinski definition) is 5. The Morgan fingerprint density at radius 2 is 1.66 bits per heavy atom. The van der Waals surface area contributed by atoms with Crippen LogP contribution in [-0.4, -0.2) is 35.5 Å². The number of nitrogens with zero attached hydrogens (tertiary/aromatic N) is 4. The summed E-state index contributed by atoms with van der Waals surface area (Å²) in [6.07, 6.45) is -3.63. The van der Waals surface area contributed by atoms with Crippen LogP contribution in [0, 0.1) is 6.92 Å². The molecular weight excluding hydrogens is 397 g/mol. The molecule has 1 saturated heterocycles. The average Bonchev–Trinajstić information content (AvgIpc) is 3.18. The van der Waals surface area contributed by atoms with Crippen LogP contribution in [0.3, 0.4) is 0 Å². The van der Waals surface area contributed by atoms with E-state index in [2.05, 4.69) is 45.4 Å². The van der Waals surface area contributed by atoms with E-state index in [1.165, 1.54) is 34.8 Å². The summed E-state index contributed by atoms with van der Waals surface area (Å²) < 4.78 is 43.3. The van der Waals surface area contributed by atoms with Gasteiger partial charge < -0.3 is 9.80 Å². The second-order valence-electron chi connectivity index (χ2n) is 7.18. The zero-order chi connectivity index (χ0) is 20.4. The van der Waals surface area contributed by atoms with Crippen LogP contribution < -0.4 is 9.80 Å². The Morgan fingerprint density at radius 1 is 0.966 bits per heavy atom. The zero-order valence-corrected chi connectivity index (χ0v) is 16.8. The first-order valence-electron chi connectivity index (χ1n) is 9.44. The van der Waals surface area contributed by atoms with E-state index in [-0.39, 0.29) is 0 Å². The number of aryl methyl sites for hydroxylation is 1. The molecule has 0 aliphatic carbocycles. The zero-order valence-electron chi connectivity index (χ0n) is 16.0. The Hall–Kier alpha value is -2.61. The van der Waals surface area contributed by atoms with E-state index < -0.39 is 11.7 Å². The largest absolute Gasteiger partial charge is 0.416 e. The van der Waals surface area contributed by atoms with Crippen LogP contribution in [0.15, 0.2) is 48.5 Å². The molecule has 0 saturated carbocycles. The van der Waals surface area contributed by atoms with Crippen molar-refractivity contribution in [1.29, 1.82) is 0 Å². The highest BCUT2D eigenvalue weighted by atomic mass is 32.1. The van der Waals surface area contributed by atoms with Gasteiger partial charge >= 0.3 is 6.18 Å². The highest BCUT2D eigenvalue weighted by Crippen LogP contribution is 2.32. The number of hydrogen-bond donors (Lipinski definition) is 0. The monoisotopic (exact) mass is 418 g/mol. The van der Waals surface area contributed by atoms with E-state index >= 15 is 0 Å². The fourth-order valence-electron chi connectivity index (χ4n) is 3.37. The molecule has 2 heterocycles. The lowest BCUT2D eigenvalue weighted by molar-refractivity contribution is -0.137. The van der Waals surface area contributed by atoms with Crippen molar-refractivity contribution in [3.05, 3.63) is 71.0 Å². The molecule has 0 spiro atoms. The van der Waals surface area contributed by atoms with Gasteiger partial charge in [-0.3, -0.25) is 0 Å². The Balaban J connectivity index is 1.38. The van der Waals surface area contributed by atoms with Gasteiger partial charge in [0.25, 0.3) is 0 Å². The first-order valence-corrected chi connectivity index (χ1v) is 10.2. The van der Waals surface area contributed by atoms with Crippen LogP contribution in [0.1, 0.15) is 22.5 Å². The van der Waals surface area contributed by atoms with Crippen molar-refractivity contribution in [1.82, 2.24) is 9.36 Å². The van der Waals surface area contributed by atoms with Crippen molar-refractivity contribution < 1.29 is 13.2 Å². The number of piperazine rings is 1. The SMILES string of the molecule is Cc1ccc(Cc2nsc(N3CCN(c4cccc(C(F)(F)F)c4)CC3)n2)cc1. The van der Waals surface area contributed by atoms with E-state index in [9.17, 15) is 13.2 Å². The Morgan fingerprint density at radius 3 is 2.34 bits per heavy atom. The van der Waals surface area contributed by atoms with Crippen LogP contribution in [0.4, 0.5) is 24.0 Å². The summed E-state index contributed by atoms with van der Waals surface area (Å²) in [6, 6.07) is 13.9. The molecule has 0 radical (unpaired) electrons. The van der Waals surface area contributed by atoms with E-state index in [1.807, 2.05) is 4.90 Å². The van der Waals surface area contributed by atoms with Crippen molar-refractivity contribution in [2.45, 2.75) is 19.5 Å². The predicted octanol–water partition coefficient (Wildman–Crippen LogP) is 4.78. The third-order valence-electron chi connectivity index (χ3n) is 5.03. The summed E-state index contributed by atoms with van der Waals surface area (Å²) in [5, 5.41) is 0.871. The molecular formula is C21H21F3N4S. The van der Waals surface area contributed by atoms with Gasteiger partial charge in [0.15, 0.2) is 0 Å². The lowest BCUT2D eigenvalue weighted by Crippen LogP contribution is -2.46. The maximum absolute atomic E-state index is 13.0. The topological polar surface area (TPSA) is 32.3 Å². The maximum Gasteiger partial charge on any atom is 0.416 e. The van der Waals surface area contributed by atoms with Crippen molar-refractivity contribution >= 4 is 22.4 Å². The van der Waals surface area contributed by atoms with E-state index in [0.29, 0.717) is 38.3 Å². The lowest BCUT2D eigenvalue weighted by atomic mass is 10.1. The number of anilines is 2. The second kappa shape index (κ2) is 8.02. The van der Waals surface area contributed by atoms with Crippen molar-refractivity contribution in [3.63, 3.8) is 0 Å². The lowest BCUT2D eigenvalue weighted by Gasteiger charge is -2.36. The minimum absolute atomic E-state index is 0.608. The molecule has 4 rings (SSSR count). The van der Waals surface area contributed by atoms with E-state index in [4.69, 9.17) is 0 Å². The van der Waals surface area contributed by atoms with Gasteiger partial charge in [-0.2, -0.15) is 17.5 Å². The van der Waals surface area contributed by atoms with Crippen LogP contribution >= 0.6 is 11.5 Å². The molecule has 1 aromatic heterocycles. The van der Waals surface area contributed by atoms with Gasteiger partial charge in [0.1, 0.15) is 5.82 Å². The average molecular weight is 418 g/mol. The quantitative estimate of drug-likeness (QED) is 0.610. The number of rotatable bonds is 4. The molecule has 0 bridgehead atoms. The minimum atomic E-state index is -4.32. The van der Waals surface area contributed by atoms with Crippen molar-refractivity contribution in [2.24, 2.45) is 0 Å². The van der Waals surface area contributed by atoms with Gasteiger partial charge in [0, 0.05) is 49.8 Å². The molecule has 29 heavy (non-hydrogen) atoms. The summed E-state index contributed by atoms with van der Waals surface area (Å²) >= 11 is 1.38. The summed E-state index contributed by atoms with van der Waals surface area (Å²) in [5.74, 6) is 0.800. The highest BCUT2D eigenvalue weighted by Gasteiger charge is 2.31. The molecule has 0 unspecified atom stereocenters. The molecule has 1 aliphatic rings. The third kappa shape index (κ3) is 4.70. The predicted molar refractivity (Wildman–Crippen MR) is 110 cm³/mol. The molecule has 0 N–H and O–H groups in total. The minimum Gasteiger partial charge on any atom is -0.368 e.